The fourth-order valence-electron chi connectivity index (χ4n) is 3.21. The molecule has 5 heteroatoms. The van der Waals surface area contributed by atoms with Crippen molar-refractivity contribution in [2.45, 2.75) is 39.3 Å². The standard InChI is InChI=1S/C15H20ClN3O/c1-4-20-12-8-11(15(12,2)3)19-10-7-5-6-9(16)13(10)18-14(19)17/h5-7,11-12H,4,8H2,1-3H3,(H2,17,18). The molecule has 1 aromatic heterocycles. The molecule has 0 amide bonds. The summed E-state index contributed by atoms with van der Waals surface area (Å²) in [5.74, 6) is 0.529. The van der Waals surface area contributed by atoms with Crippen molar-refractivity contribution in [3.63, 3.8) is 0 Å². The summed E-state index contributed by atoms with van der Waals surface area (Å²) in [5, 5.41) is 0.645. The Morgan fingerprint density at radius 1 is 1.50 bits per heavy atom. The van der Waals surface area contributed by atoms with Crippen molar-refractivity contribution in [1.29, 1.82) is 0 Å². The Kier molecular flexibility index (Phi) is 3.18. The number of fused-ring (bicyclic) bond motifs is 1. The van der Waals surface area contributed by atoms with Gasteiger partial charge in [0, 0.05) is 18.1 Å². The predicted octanol–water partition coefficient (Wildman–Crippen LogP) is 3.65. The summed E-state index contributed by atoms with van der Waals surface area (Å²) >= 11 is 6.20. The molecule has 0 saturated heterocycles. The lowest BCUT2D eigenvalue weighted by Gasteiger charge is -2.52. The predicted molar refractivity (Wildman–Crippen MR) is 82.0 cm³/mol. The van der Waals surface area contributed by atoms with Crippen LogP contribution in [0.25, 0.3) is 11.0 Å². The number of rotatable bonds is 3. The van der Waals surface area contributed by atoms with E-state index in [1.54, 1.807) is 0 Å². The van der Waals surface area contributed by atoms with E-state index in [4.69, 9.17) is 22.1 Å². The van der Waals surface area contributed by atoms with Gasteiger partial charge in [0.05, 0.1) is 16.6 Å². The van der Waals surface area contributed by atoms with Crippen LogP contribution in [0.5, 0.6) is 0 Å². The Bertz CT molecular complexity index is 650. The number of ether oxygens (including phenoxy) is 1. The Balaban J connectivity index is 2.04. The molecule has 2 unspecified atom stereocenters. The molecule has 2 N–H and O–H groups in total. The van der Waals surface area contributed by atoms with E-state index in [9.17, 15) is 0 Å². The van der Waals surface area contributed by atoms with E-state index >= 15 is 0 Å². The number of imidazole rings is 1. The maximum Gasteiger partial charge on any atom is 0.201 e. The van der Waals surface area contributed by atoms with Crippen LogP contribution in [-0.4, -0.2) is 22.3 Å². The van der Waals surface area contributed by atoms with Gasteiger partial charge >= 0.3 is 0 Å². The molecule has 0 radical (unpaired) electrons. The Morgan fingerprint density at radius 2 is 2.25 bits per heavy atom. The molecule has 1 saturated carbocycles. The van der Waals surface area contributed by atoms with Gasteiger partial charge in [-0.3, -0.25) is 0 Å². The number of nitrogens with zero attached hydrogens (tertiary/aromatic N) is 2. The largest absolute Gasteiger partial charge is 0.378 e. The molecule has 2 atom stereocenters. The van der Waals surface area contributed by atoms with E-state index in [1.165, 1.54) is 0 Å². The lowest BCUT2D eigenvalue weighted by molar-refractivity contribution is -0.126. The molecular weight excluding hydrogens is 274 g/mol. The summed E-state index contributed by atoms with van der Waals surface area (Å²) in [7, 11) is 0. The van der Waals surface area contributed by atoms with Crippen LogP contribution in [0, 0.1) is 5.41 Å². The van der Waals surface area contributed by atoms with Crippen LogP contribution in [0.2, 0.25) is 5.02 Å². The minimum absolute atomic E-state index is 0.0417. The number of anilines is 1. The van der Waals surface area contributed by atoms with Crippen LogP contribution in [0.1, 0.15) is 33.2 Å². The van der Waals surface area contributed by atoms with Gasteiger partial charge in [0.1, 0.15) is 5.52 Å². The number of nitrogen functional groups attached to an aromatic ring is 1. The zero-order valence-electron chi connectivity index (χ0n) is 12.1. The molecule has 0 aliphatic heterocycles. The highest BCUT2D eigenvalue weighted by Crippen LogP contribution is 2.53. The van der Waals surface area contributed by atoms with E-state index in [2.05, 4.69) is 23.4 Å². The number of hydrogen-bond donors (Lipinski definition) is 1. The molecule has 1 aliphatic rings. The smallest absolute Gasteiger partial charge is 0.201 e. The van der Waals surface area contributed by atoms with E-state index in [1.807, 2.05) is 25.1 Å². The van der Waals surface area contributed by atoms with Gasteiger partial charge in [-0.15, -0.1) is 0 Å². The average molecular weight is 294 g/mol. The van der Waals surface area contributed by atoms with Crippen molar-refractivity contribution in [2.75, 3.05) is 12.3 Å². The molecule has 108 valence electrons. The molecule has 1 aromatic carbocycles. The highest BCUT2D eigenvalue weighted by atomic mass is 35.5. The first-order chi connectivity index (χ1) is 9.46. The molecule has 0 bridgehead atoms. The van der Waals surface area contributed by atoms with E-state index in [0.29, 0.717) is 17.0 Å². The van der Waals surface area contributed by atoms with Gasteiger partial charge < -0.3 is 15.0 Å². The van der Waals surface area contributed by atoms with Gasteiger partial charge in [-0.1, -0.05) is 31.5 Å². The highest BCUT2D eigenvalue weighted by Gasteiger charge is 2.50. The van der Waals surface area contributed by atoms with E-state index < -0.39 is 0 Å². The van der Waals surface area contributed by atoms with Gasteiger partial charge in [-0.2, -0.15) is 0 Å². The molecule has 20 heavy (non-hydrogen) atoms. The number of benzene rings is 1. The first-order valence-electron chi connectivity index (χ1n) is 7.00. The van der Waals surface area contributed by atoms with Crippen LogP contribution in [0.4, 0.5) is 5.95 Å². The first-order valence-corrected chi connectivity index (χ1v) is 7.38. The van der Waals surface area contributed by atoms with E-state index in [0.717, 1.165) is 24.1 Å². The van der Waals surface area contributed by atoms with Crippen LogP contribution in [-0.2, 0) is 4.74 Å². The summed E-state index contributed by atoms with van der Waals surface area (Å²) in [6, 6.07) is 6.10. The number of hydrogen-bond acceptors (Lipinski definition) is 3. The molecule has 1 heterocycles. The van der Waals surface area contributed by atoms with Crippen molar-refractivity contribution >= 4 is 28.6 Å². The van der Waals surface area contributed by atoms with Crippen molar-refractivity contribution in [2.24, 2.45) is 5.41 Å². The van der Waals surface area contributed by atoms with Crippen LogP contribution in [0.3, 0.4) is 0 Å². The van der Waals surface area contributed by atoms with Crippen molar-refractivity contribution < 1.29 is 4.74 Å². The normalized spacial score (nSPS) is 24.8. The zero-order valence-corrected chi connectivity index (χ0v) is 12.8. The second kappa shape index (κ2) is 4.64. The lowest BCUT2D eigenvalue weighted by atomic mass is 9.64. The molecule has 4 nitrogen and oxygen atoms in total. The zero-order chi connectivity index (χ0) is 14.5. The second-order valence-electron chi connectivity index (χ2n) is 5.96. The molecule has 1 fully saturated rings. The Hall–Kier alpha value is -1.26. The molecule has 0 spiro atoms. The third-order valence-corrected chi connectivity index (χ3v) is 4.81. The highest BCUT2D eigenvalue weighted by molar-refractivity contribution is 6.35. The van der Waals surface area contributed by atoms with Crippen LogP contribution >= 0.6 is 11.6 Å². The number of nitrogens with two attached hydrogens (primary N) is 1. The third-order valence-electron chi connectivity index (χ3n) is 4.50. The summed E-state index contributed by atoms with van der Waals surface area (Å²) in [6.07, 6.45) is 1.23. The minimum Gasteiger partial charge on any atom is -0.378 e. The fourth-order valence-corrected chi connectivity index (χ4v) is 3.43. The van der Waals surface area contributed by atoms with Crippen LogP contribution in [0.15, 0.2) is 18.2 Å². The SMILES string of the molecule is CCOC1CC(n2c(N)nc3c(Cl)cccc32)C1(C)C. The number of para-hydroxylation sites is 1. The van der Waals surface area contributed by atoms with Crippen molar-refractivity contribution in [3.05, 3.63) is 23.2 Å². The molecular formula is C15H20ClN3O. The number of aromatic nitrogens is 2. The van der Waals surface area contributed by atoms with Gasteiger partial charge in [0.2, 0.25) is 5.95 Å². The van der Waals surface area contributed by atoms with E-state index in [-0.39, 0.29) is 11.5 Å². The minimum atomic E-state index is 0.0417. The Morgan fingerprint density at radius 3 is 2.90 bits per heavy atom. The second-order valence-corrected chi connectivity index (χ2v) is 6.37. The topological polar surface area (TPSA) is 53.1 Å². The Labute approximate surface area is 123 Å². The van der Waals surface area contributed by atoms with Gasteiger partial charge in [0.15, 0.2) is 0 Å². The van der Waals surface area contributed by atoms with Crippen molar-refractivity contribution in [1.82, 2.24) is 9.55 Å². The molecule has 1 aliphatic carbocycles. The first kappa shape index (κ1) is 13.7. The molecule has 3 rings (SSSR count). The lowest BCUT2D eigenvalue weighted by Crippen LogP contribution is -2.51. The quantitative estimate of drug-likeness (QED) is 0.940. The van der Waals surface area contributed by atoms with Gasteiger partial charge in [-0.05, 0) is 25.5 Å². The summed E-state index contributed by atoms with van der Waals surface area (Å²) in [6.45, 7) is 7.21. The average Bonchev–Trinajstić information content (AvgIpc) is 2.72. The summed E-state index contributed by atoms with van der Waals surface area (Å²) in [5.41, 5.74) is 7.95. The third kappa shape index (κ3) is 1.82. The monoisotopic (exact) mass is 293 g/mol. The van der Waals surface area contributed by atoms with Crippen LogP contribution < -0.4 is 5.73 Å². The van der Waals surface area contributed by atoms with Crippen molar-refractivity contribution in [3.8, 4) is 0 Å². The fraction of sp³-hybridized carbons (Fsp3) is 0.533. The number of halogens is 1. The molecule has 2 aromatic rings. The maximum atomic E-state index is 6.20. The van der Waals surface area contributed by atoms with Gasteiger partial charge in [-0.25, -0.2) is 4.98 Å². The summed E-state index contributed by atoms with van der Waals surface area (Å²) < 4.78 is 7.90. The summed E-state index contributed by atoms with van der Waals surface area (Å²) in [4.78, 5) is 4.42. The van der Waals surface area contributed by atoms with Gasteiger partial charge in [0.25, 0.3) is 0 Å². The maximum absolute atomic E-state index is 6.20.